The Morgan fingerprint density at radius 3 is 2.35 bits per heavy atom. The summed E-state index contributed by atoms with van der Waals surface area (Å²) in [5.74, 6) is 0. The molecule has 1 rings (SSSR count). The molecule has 0 fully saturated rings. The normalized spacial score (nSPS) is 11.1. The summed E-state index contributed by atoms with van der Waals surface area (Å²) in [6.45, 7) is 3.87. The fourth-order valence-corrected chi connectivity index (χ4v) is 1.66. The zero-order valence-electron chi connectivity index (χ0n) is 10.4. The van der Waals surface area contributed by atoms with E-state index in [0.29, 0.717) is 18.4 Å². The van der Waals surface area contributed by atoms with Crippen LogP contribution in [0.1, 0.15) is 5.69 Å². The van der Waals surface area contributed by atoms with E-state index in [9.17, 15) is 0 Å². The minimum atomic E-state index is 0.529. The molecule has 0 saturated heterocycles. The summed E-state index contributed by atoms with van der Waals surface area (Å²) in [5, 5.41) is 0.529. The molecule has 0 atom stereocenters. The van der Waals surface area contributed by atoms with E-state index in [1.165, 1.54) is 0 Å². The standard InChI is InChI=1S/C12H19ClN2O2/c1-16-8-6-15(7-9-17-2)10-11-4-3-5-12(13)14-11/h3-5H,6-10H2,1-2H3. The fourth-order valence-electron chi connectivity index (χ4n) is 1.48. The SMILES string of the molecule is COCCN(CCOC)Cc1cccc(Cl)n1. The van der Waals surface area contributed by atoms with Gasteiger partial charge in [-0.1, -0.05) is 17.7 Å². The highest BCUT2D eigenvalue weighted by Crippen LogP contribution is 2.07. The molecule has 0 spiro atoms. The third-order valence-corrected chi connectivity index (χ3v) is 2.59. The first-order valence-electron chi connectivity index (χ1n) is 5.58. The molecule has 0 N–H and O–H groups in total. The van der Waals surface area contributed by atoms with Crippen LogP contribution >= 0.6 is 11.6 Å². The van der Waals surface area contributed by atoms with Gasteiger partial charge in [0.2, 0.25) is 0 Å². The van der Waals surface area contributed by atoms with Crippen molar-refractivity contribution in [1.29, 1.82) is 0 Å². The molecule has 4 nitrogen and oxygen atoms in total. The van der Waals surface area contributed by atoms with E-state index in [0.717, 1.165) is 25.3 Å². The molecule has 0 bridgehead atoms. The van der Waals surface area contributed by atoms with Crippen LogP contribution in [-0.4, -0.2) is 50.4 Å². The number of aromatic nitrogens is 1. The highest BCUT2D eigenvalue weighted by atomic mass is 35.5. The van der Waals surface area contributed by atoms with Crippen molar-refractivity contribution >= 4 is 11.6 Å². The topological polar surface area (TPSA) is 34.6 Å². The van der Waals surface area contributed by atoms with Gasteiger partial charge in [0.05, 0.1) is 18.9 Å². The van der Waals surface area contributed by atoms with Crippen LogP contribution in [0.25, 0.3) is 0 Å². The van der Waals surface area contributed by atoms with Gasteiger partial charge in [0.1, 0.15) is 5.15 Å². The van der Waals surface area contributed by atoms with Gasteiger partial charge in [0.25, 0.3) is 0 Å². The minimum absolute atomic E-state index is 0.529. The molecule has 0 amide bonds. The van der Waals surface area contributed by atoms with E-state index >= 15 is 0 Å². The average molecular weight is 259 g/mol. The predicted octanol–water partition coefficient (Wildman–Crippen LogP) is 1.83. The maximum atomic E-state index is 5.86. The number of methoxy groups -OCH3 is 2. The Labute approximate surface area is 107 Å². The molecule has 0 radical (unpaired) electrons. The highest BCUT2D eigenvalue weighted by Gasteiger charge is 2.06. The van der Waals surface area contributed by atoms with E-state index in [1.807, 2.05) is 12.1 Å². The third-order valence-electron chi connectivity index (χ3n) is 2.38. The van der Waals surface area contributed by atoms with Crippen LogP contribution in [0, 0.1) is 0 Å². The number of hydrogen-bond donors (Lipinski definition) is 0. The Morgan fingerprint density at radius 2 is 1.82 bits per heavy atom. The van der Waals surface area contributed by atoms with Crippen LogP contribution < -0.4 is 0 Å². The van der Waals surface area contributed by atoms with E-state index < -0.39 is 0 Å². The zero-order valence-corrected chi connectivity index (χ0v) is 11.1. The van der Waals surface area contributed by atoms with Gasteiger partial charge in [-0.15, -0.1) is 0 Å². The zero-order chi connectivity index (χ0) is 12.5. The molecule has 96 valence electrons. The van der Waals surface area contributed by atoms with Crippen molar-refractivity contribution in [3.63, 3.8) is 0 Å². The molecular formula is C12H19ClN2O2. The molecular weight excluding hydrogens is 240 g/mol. The summed E-state index contributed by atoms with van der Waals surface area (Å²) < 4.78 is 10.2. The molecule has 0 aromatic carbocycles. The van der Waals surface area contributed by atoms with E-state index in [-0.39, 0.29) is 0 Å². The van der Waals surface area contributed by atoms with Gasteiger partial charge in [-0.05, 0) is 12.1 Å². The maximum Gasteiger partial charge on any atom is 0.129 e. The Hall–Kier alpha value is -0.680. The van der Waals surface area contributed by atoms with Gasteiger partial charge in [-0.3, -0.25) is 4.90 Å². The maximum absolute atomic E-state index is 5.86. The number of nitrogens with zero attached hydrogens (tertiary/aromatic N) is 2. The molecule has 0 aliphatic rings. The Balaban J connectivity index is 2.51. The van der Waals surface area contributed by atoms with Gasteiger partial charge in [-0.25, -0.2) is 4.98 Å². The smallest absolute Gasteiger partial charge is 0.129 e. The Morgan fingerprint density at radius 1 is 1.18 bits per heavy atom. The van der Waals surface area contributed by atoms with Crippen LogP contribution in [0.3, 0.4) is 0 Å². The van der Waals surface area contributed by atoms with Crippen molar-refractivity contribution in [3.8, 4) is 0 Å². The van der Waals surface area contributed by atoms with Gasteiger partial charge >= 0.3 is 0 Å². The van der Waals surface area contributed by atoms with Crippen molar-refractivity contribution in [3.05, 3.63) is 29.0 Å². The lowest BCUT2D eigenvalue weighted by atomic mass is 10.3. The summed E-state index contributed by atoms with van der Waals surface area (Å²) in [5.41, 5.74) is 0.963. The first-order chi connectivity index (χ1) is 8.26. The predicted molar refractivity (Wildman–Crippen MR) is 68.3 cm³/mol. The quantitative estimate of drug-likeness (QED) is 0.667. The number of rotatable bonds is 8. The number of halogens is 1. The number of hydrogen-bond acceptors (Lipinski definition) is 4. The van der Waals surface area contributed by atoms with Gasteiger partial charge in [0, 0.05) is 33.9 Å². The molecule has 0 saturated carbocycles. The molecule has 1 aromatic heterocycles. The van der Waals surface area contributed by atoms with Crippen LogP contribution in [0.2, 0.25) is 5.15 Å². The van der Waals surface area contributed by atoms with Crippen molar-refractivity contribution in [2.75, 3.05) is 40.5 Å². The molecule has 17 heavy (non-hydrogen) atoms. The summed E-state index contributed by atoms with van der Waals surface area (Å²) in [6, 6.07) is 5.66. The van der Waals surface area contributed by atoms with Crippen LogP contribution in [0.5, 0.6) is 0 Å². The average Bonchev–Trinajstić information content (AvgIpc) is 2.32. The van der Waals surface area contributed by atoms with Gasteiger partial charge in [0.15, 0.2) is 0 Å². The molecule has 1 heterocycles. The van der Waals surface area contributed by atoms with Crippen LogP contribution in [0.15, 0.2) is 18.2 Å². The van der Waals surface area contributed by atoms with Crippen molar-refractivity contribution in [2.24, 2.45) is 0 Å². The molecule has 0 aliphatic heterocycles. The second kappa shape index (κ2) is 8.42. The van der Waals surface area contributed by atoms with Crippen LogP contribution in [0.4, 0.5) is 0 Å². The lowest BCUT2D eigenvalue weighted by Crippen LogP contribution is -2.30. The molecule has 0 unspecified atom stereocenters. The lowest BCUT2D eigenvalue weighted by molar-refractivity contribution is 0.109. The minimum Gasteiger partial charge on any atom is -0.383 e. The first-order valence-corrected chi connectivity index (χ1v) is 5.95. The second-order valence-electron chi connectivity index (χ2n) is 3.71. The van der Waals surface area contributed by atoms with E-state index in [4.69, 9.17) is 21.1 Å². The lowest BCUT2D eigenvalue weighted by Gasteiger charge is -2.21. The summed E-state index contributed by atoms with van der Waals surface area (Å²) in [4.78, 5) is 6.50. The second-order valence-corrected chi connectivity index (χ2v) is 4.10. The molecule has 0 aliphatic carbocycles. The van der Waals surface area contributed by atoms with Crippen molar-refractivity contribution < 1.29 is 9.47 Å². The third kappa shape index (κ3) is 5.98. The Kier molecular flexibility index (Phi) is 7.12. The van der Waals surface area contributed by atoms with E-state index in [1.54, 1.807) is 20.3 Å². The van der Waals surface area contributed by atoms with Gasteiger partial charge < -0.3 is 9.47 Å². The molecule has 1 aromatic rings. The summed E-state index contributed by atoms with van der Waals surface area (Å²) in [6.07, 6.45) is 0. The fraction of sp³-hybridized carbons (Fsp3) is 0.583. The summed E-state index contributed by atoms with van der Waals surface area (Å²) in [7, 11) is 3.40. The summed E-state index contributed by atoms with van der Waals surface area (Å²) >= 11 is 5.86. The van der Waals surface area contributed by atoms with Crippen LogP contribution in [-0.2, 0) is 16.0 Å². The largest absolute Gasteiger partial charge is 0.383 e. The van der Waals surface area contributed by atoms with Crippen molar-refractivity contribution in [2.45, 2.75) is 6.54 Å². The monoisotopic (exact) mass is 258 g/mol. The molecule has 5 heteroatoms. The number of ether oxygens (including phenoxy) is 2. The first kappa shape index (κ1) is 14.4. The van der Waals surface area contributed by atoms with E-state index in [2.05, 4.69) is 9.88 Å². The van der Waals surface area contributed by atoms with Gasteiger partial charge in [-0.2, -0.15) is 0 Å². The number of pyridine rings is 1. The Bertz CT molecular complexity index is 315. The van der Waals surface area contributed by atoms with Crippen molar-refractivity contribution in [1.82, 2.24) is 9.88 Å². The highest BCUT2D eigenvalue weighted by molar-refractivity contribution is 6.29.